The van der Waals surface area contributed by atoms with Crippen molar-refractivity contribution in [2.75, 3.05) is 31.9 Å². The molecule has 2 heterocycles. The number of amides is 1. The Morgan fingerprint density at radius 3 is 2.48 bits per heavy atom. The molecule has 0 spiro atoms. The van der Waals surface area contributed by atoms with E-state index in [2.05, 4.69) is 27.2 Å². The van der Waals surface area contributed by atoms with Crippen LogP contribution in [0, 0.1) is 11.3 Å². The van der Waals surface area contributed by atoms with E-state index < -0.39 is 5.91 Å². The van der Waals surface area contributed by atoms with Gasteiger partial charge in [0.1, 0.15) is 28.8 Å². The second-order valence-corrected chi connectivity index (χ2v) is 9.27. The average molecular weight is 579 g/mol. The number of nitrogens with zero attached hydrogens (tertiary/aromatic N) is 4. The van der Waals surface area contributed by atoms with E-state index in [0.29, 0.717) is 40.6 Å². The number of aryl methyl sites for hydroxylation is 2. The molecule has 2 N–H and O–H groups in total. The lowest BCUT2D eigenvalue weighted by Crippen LogP contribution is -2.24. The number of ether oxygens (including phenoxy) is 2. The molecule has 0 radical (unpaired) electrons. The molecule has 2 aromatic carbocycles. The van der Waals surface area contributed by atoms with E-state index in [0.717, 1.165) is 5.56 Å². The monoisotopic (exact) mass is 578 g/mol. The Labute approximate surface area is 239 Å². The van der Waals surface area contributed by atoms with Crippen molar-refractivity contribution < 1.29 is 14.3 Å². The molecule has 1 amide bonds. The highest BCUT2D eigenvalue weighted by atomic mass is 35.5. The standard InChI is InChI=1S/C28H24Cl2N6O4/c1-15(13-31)26(37)34-18-7-5-6-16(10-18)8-9-36-25-17(14-33-28(32-2)35-25)11-19(27(36)38)22-23(29)20(39-3)12-21(40-4)24(22)30/h5-7,10-12,14H,1,8-9H2,2-4H3,(H,34,37)(H,32,33,35). The van der Waals surface area contributed by atoms with Crippen molar-refractivity contribution in [2.24, 2.45) is 0 Å². The van der Waals surface area contributed by atoms with Crippen LogP contribution in [0.3, 0.4) is 0 Å². The summed E-state index contributed by atoms with van der Waals surface area (Å²) in [5.74, 6) is 0.343. The van der Waals surface area contributed by atoms with Crippen LogP contribution in [0.1, 0.15) is 5.56 Å². The van der Waals surface area contributed by atoms with Crippen LogP contribution in [-0.2, 0) is 17.8 Å². The Balaban J connectivity index is 1.83. The average Bonchev–Trinajstić information content (AvgIpc) is 2.96. The van der Waals surface area contributed by atoms with Gasteiger partial charge in [0.05, 0.1) is 29.8 Å². The van der Waals surface area contributed by atoms with Crippen LogP contribution in [0.25, 0.3) is 22.2 Å². The lowest BCUT2D eigenvalue weighted by molar-refractivity contribution is -0.112. The maximum Gasteiger partial charge on any atom is 0.265 e. The van der Waals surface area contributed by atoms with Crippen LogP contribution in [-0.4, -0.2) is 41.7 Å². The summed E-state index contributed by atoms with van der Waals surface area (Å²) in [7, 11) is 4.59. The summed E-state index contributed by atoms with van der Waals surface area (Å²) >= 11 is 13.3. The summed E-state index contributed by atoms with van der Waals surface area (Å²) in [5, 5.41) is 15.3. The van der Waals surface area contributed by atoms with Gasteiger partial charge in [-0.05, 0) is 30.2 Å². The number of anilines is 2. The summed E-state index contributed by atoms with van der Waals surface area (Å²) in [6.07, 6.45) is 2.01. The highest BCUT2D eigenvalue weighted by molar-refractivity contribution is 6.41. The van der Waals surface area contributed by atoms with E-state index >= 15 is 0 Å². The molecule has 0 unspecified atom stereocenters. The number of nitrogens with one attached hydrogen (secondary N) is 2. The Hall–Kier alpha value is -4.59. The minimum absolute atomic E-state index is 0.159. The smallest absolute Gasteiger partial charge is 0.265 e. The van der Waals surface area contributed by atoms with Crippen molar-refractivity contribution >= 4 is 51.8 Å². The van der Waals surface area contributed by atoms with Crippen molar-refractivity contribution in [3.8, 4) is 28.7 Å². The molecule has 4 rings (SSSR count). The van der Waals surface area contributed by atoms with Gasteiger partial charge < -0.3 is 20.1 Å². The number of carbonyl (C=O) groups is 1. The normalized spacial score (nSPS) is 10.6. The lowest BCUT2D eigenvalue weighted by atomic mass is 10.0. The predicted molar refractivity (Wildman–Crippen MR) is 155 cm³/mol. The molecular weight excluding hydrogens is 555 g/mol. The molecule has 0 aliphatic heterocycles. The zero-order chi connectivity index (χ0) is 29.0. The second-order valence-electron chi connectivity index (χ2n) is 8.52. The quantitative estimate of drug-likeness (QED) is 0.207. The Kier molecular flexibility index (Phi) is 8.58. The van der Waals surface area contributed by atoms with Crippen LogP contribution in [0.2, 0.25) is 10.0 Å². The van der Waals surface area contributed by atoms with Gasteiger partial charge in [-0.25, -0.2) is 4.98 Å². The van der Waals surface area contributed by atoms with Crippen LogP contribution >= 0.6 is 23.2 Å². The van der Waals surface area contributed by atoms with Gasteiger partial charge >= 0.3 is 0 Å². The number of hydrogen-bond donors (Lipinski definition) is 2. The van der Waals surface area contributed by atoms with E-state index in [1.807, 2.05) is 6.07 Å². The fraction of sp³-hybridized carbons (Fsp3) is 0.179. The molecule has 204 valence electrons. The molecule has 10 nitrogen and oxygen atoms in total. The summed E-state index contributed by atoms with van der Waals surface area (Å²) in [6.45, 7) is 3.65. The zero-order valence-corrected chi connectivity index (χ0v) is 23.4. The number of pyridine rings is 1. The fourth-order valence-electron chi connectivity index (χ4n) is 4.09. The first-order chi connectivity index (χ1) is 19.2. The second kappa shape index (κ2) is 12.1. The first-order valence-electron chi connectivity index (χ1n) is 11.9. The zero-order valence-electron chi connectivity index (χ0n) is 21.8. The molecule has 0 fully saturated rings. The van der Waals surface area contributed by atoms with Crippen molar-refractivity contribution in [3.05, 3.63) is 80.7 Å². The number of carbonyl (C=O) groups excluding carboxylic acids is 1. The number of methoxy groups -OCH3 is 2. The van der Waals surface area contributed by atoms with Crippen molar-refractivity contribution in [2.45, 2.75) is 13.0 Å². The molecule has 0 saturated heterocycles. The molecule has 0 aliphatic rings. The molecule has 12 heteroatoms. The minimum atomic E-state index is -0.590. The SMILES string of the molecule is C=C(C#N)C(=O)Nc1cccc(CCn2c(=O)c(-c3c(Cl)c(OC)cc(OC)c3Cl)cc3cnc(NC)nc32)c1. The molecule has 0 saturated carbocycles. The van der Waals surface area contributed by atoms with E-state index in [1.165, 1.54) is 18.8 Å². The maximum absolute atomic E-state index is 14.0. The van der Waals surface area contributed by atoms with Crippen LogP contribution in [0.4, 0.5) is 11.6 Å². The van der Waals surface area contributed by atoms with Gasteiger partial charge in [-0.2, -0.15) is 10.2 Å². The van der Waals surface area contributed by atoms with Gasteiger partial charge in [0.2, 0.25) is 5.95 Å². The largest absolute Gasteiger partial charge is 0.495 e. The molecule has 0 bridgehead atoms. The third-order valence-electron chi connectivity index (χ3n) is 6.11. The topological polar surface area (TPSA) is 131 Å². The summed E-state index contributed by atoms with van der Waals surface area (Å²) in [4.78, 5) is 34.9. The van der Waals surface area contributed by atoms with Crippen LogP contribution < -0.4 is 25.7 Å². The van der Waals surface area contributed by atoms with Gasteiger partial charge in [0.25, 0.3) is 11.5 Å². The fourth-order valence-corrected chi connectivity index (χ4v) is 4.80. The number of benzene rings is 2. The number of hydrogen-bond acceptors (Lipinski definition) is 8. The Morgan fingerprint density at radius 1 is 1.15 bits per heavy atom. The highest BCUT2D eigenvalue weighted by Gasteiger charge is 2.23. The van der Waals surface area contributed by atoms with Crippen molar-refractivity contribution in [1.82, 2.24) is 14.5 Å². The third kappa shape index (κ3) is 5.57. The molecule has 0 atom stereocenters. The van der Waals surface area contributed by atoms with Gasteiger partial charge in [-0.1, -0.05) is 41.9 Å². The lowest BCUT2D eigenvalue weighted by Gasteiger charge is -2.17. The van der Waals surface area contributed by atoms with E-state index in [-0.39, 0.29) is 38.8 Å². The highest BCUT2D eigenvalue weighted by Crippen LogP contribution is 2.45. The van der Waals surface area contributed by atoms with Crippen LogP contribution in [0.15, 0.2) is 59.5 Å². The molecular formula is C28H24Cl2N6O4. The van der Waals surface area contributed by atoms with E-state index in [9.17, 15) is 9.59 Å². The predicted octanol–water partition coefficient (Wildman–Crippen LogP) is 5.09. The summed E-state index contributed by atoms with van der Waals surface area (Å²) < 4.78 is 12.3. The summed E-state index contributed by atoms with van der Waals surface area (Å²) in [6, 6.07) is 12.0. The first-order valence-corrected chi connectivity index (χ1v) is 12.7. The third-order valence-corrected chi connectivity index (χ3v) is 6.86. The Bertz CT molecular complexity index is 1720. The molecule has 0 aliphatic carbocycles. The van der Waals surface area contributed by atoms with Crippen molar-refractivity contribution in [1.29, 1.82) is 5.26 Å². The van der Waals surface area contributed by atoms with Gasteiger partial charge in [0.15, 0.2) is 0 Å². The van der Waals surface area contributed by atoms with Crippen molar-refractivity contribution in [3.63, 3.8) is 0 Å². The first kappa shape index (κ1) is 28.4. The van der Waals surface area contributed by atoms with Gasteiger partial charge in [0, 0.05) is 42.5 Å². The number of aromatic nitrogens is 3. The number of nitriles is 1. The Morgan fingerprint density at radius 2 is 1.85 bits per heavy atom. The van der Waals surface area contributed by atoms with Crippen LogP contribution in [0.5, 0.6) is 11.5 Å². The van der Waals surface area contributed by atoms with E-state index in [1.54, 1.807) is 49.6 Å². The molecule has 40 heavy (non-hydrogen) atoms. The molecule has 4 aromatic rings. The minimum Gasteiger partial charge on any atom is -0.495 e. The number of halogens is 2. The van der Waals surface area contributed by atoms with E-state index in [4.69, 9.17) is 37.9 Å². The number of fused-ring (bicyclic) bond motifs is 1. The summed E-state index contributed by atoms with van der Waals surface area (Å²) in [5.41, 5.74) is 1.62. The number of rotatable bonds is 9. The maximum atomic E-state index is 14.0. The van der Waals surface area contributed by atoms with Gasteiger partial charge in [-0.3, -0.25) is 14.2 Å². The van der Waals surface area contributed by atoms with Gasteiger partial charge in [-0.15, -0.1) is 0 Å². The molecule has 2 aromatic heterocycles.